The molecular weight excluding hydrogens is 658 g/mol. The van der Waals surface area contributed by atoms with Gasteiger partial charge in [0, 0.05) is 18.4 Å². The van der Waals surface area contributed by atoms with Crippen molar-refractivity contribution in [1.82, 2.24) is 15.5 Å². The molecule has 3 N–H and O–H groups in total. The van der Waals surface area contributed by atoms with Crippen LogP contribution in [0.5, 0.6) is 5.75 Å². The molecule has 0 aromatic heterocycles. The molecule has 0 saturated carbocycles. The molecule has 3 aromatic carbocycles. The van der Waals surface area contributed by atoms with Gasteiger partial charge in [0.15, 0.2) is 0 Å². The van der Waals surface area contributed by atoms with E-state index in [1.807, 2.05) is 57.2 Å². The van der Waals surface area contributed by atoms with E-state index < -0.39 is 58.7 Å². The minimum absolute atomic E-state index is 0.0320. The molecule has 3 unspecified atom stereocenters. The number of hydrogen-bond donors (Lipinski definition) is 3. The second-order valence-corrected chi connectivity index (χ2v) is 15.5. The quantitative estimate of drug-likeness (QED) is 0.149. The molecule has 0 aliphatic heterocycles. The van der Waals surface area contributed by atoms with Crippen LogP contribution in [-0.4, -0.2) is 62.7 Å². The molecule has 0 fully saturated rings. The van der Waals surface area contributed by atoms with Crippen molar-refractivity contribution in [2.75, 3.05) is 0 Å². The van der Waals surface area contributed by atoms with Crippen LogP contribution in [0.3, 0.4) is 0 Å². The van der Waals surface area contributed by atoms with E-state index in [0.717, 1.165) is 11.1 Å². The van der Waals surface area contributed by atoms with Crippen LogP contribution >= 0.6 is 0 Å². The maximum Gasteiger partial charge on any atom is 0.408 e. The summed E-state index contributed by atoms with van der Waals surface area (Å²) < 4.78 is 11.3. The summed E-state index contributed by atoms with van der Waals surface area (Å²) in [6, 6.07) is 19.2. The number of benzene rings is 3. The fourth-order valence-electron chi connectivity index (χ4n) is 5.57. The van der Waals surface area contributed by atoms with Gasteiger partial charge < -0.3 is 30.1 Å². The monoisotopic (exact) mass is 713 g/mol. The SMILES string of the molecule is C=Cc1cccc(C(C(=O)NC(Cc2ccccc2)C(=O)OC(C)(C)C)N(C(=O)C(Cc2ccc(O)cc2)NC(=O)OC(C)(C)C)C(C)(C)CC)c1. The Morgan fingerprint density at radius 3 is 1.90 bits per heavy atom. The molecule has 52 heavy (non-hydrogen) atoms. The van der Waals surface area contributed by atoms with Gasteiger partial charge in [0.2, 0.25) is 11.8 Å². The molecule has 3 aromatic rings. The Bertz CT molecular complexity index is 1690. The molecular formula is C42H55N3O7. The Labute approximate surface area is 308 Å². The van der Waals surface area contributed by atoms with Crippen molar-refractivity contribution in [2.24, 2.45) is 0 Å². The number of amides is 3. The van der Waals surface area contributed by atoms with Gasteiger partial charge in [-0.15, -0.1) is 0 Å². The molecule has 10 heteroatoms. The zero-order valence-corrected chi connectivity index (χ0v) is 32.0. The number of rotatable bonds is 14. The summed E-state index contributed by atoms with van der Waals surface area (Å²) in [6.45, 7) is 19.9. The predicted octanol–water partition coefficient (Wildman–Crippen LogP) is 7.30. The molecule has 3 amide bonds. The van der Waals surface area contributed by atoms with Crippen LogP contribution in [0.2, 0.25) is 0 Å². The van der Waals surface area contributed by atoms with E-state index in [1.54, 1.807) is 78.0 Å². The lowest BCUT2D eigenvalue weighted by Gasteiger charge is -2.45. The lowest BCUT2D eigenvalue weighted by Crippen LogP contribution is -2.60. The summed E-state index contributed by atoms with van der Waals surface area (Å²) in [4.78, 5) is 58.4. The molecule has 0 aliphatic carbocycles. The minimum atomic E-state index is -1.26. The van der Waals surface area contributed by atoms with Crippen LogP contribution < -0.4 is 10.6 Å². The second kappa shape index (κ2) is 17.4. The van der Waals surface area contributed by atoms with Crippen LogP contribution in [0.1, 0.15) is 97.0 Å². The van der Waals surface area contributed by atoms with Crippen molar-refractivity contribution >= 4 is 30.0 Å². The van der Waals surface area contributed by atoms with Crippen molar-refractivity contribution in [3.05, 3.63) is 108 Å². The number of phenols is 1. The summed E-state index contributed by atoms with van der Waals surface area (Å²) in [6.07, 6.45) is 1.45. The Morgan fingerprint density at radius 2 is 1.35 bits per heavy atom. The largest absolute Gasteiger partial charge is 0.508 e. The Kier molecular flexibility index (Phi) is 13.8. The second-order valence-electron chi connectivity index (χ2n) is 15.5. The highest BCUT2D eigenvalue weighted by Gasteiger charge is 2.44. The third-order valence-electron chi connectivity index (χ3n) is 8.38. The van der Waals surface area contributed by atoms with Gasteiger partial charge in [0.05, 0.1) is 0 Å². The zero-order chi connectivity index (χ0) is 38.9. The fraction of sp³-hybridized carbons (Fsp3) is 0.429. The third kappa shape index (κ3) is 12.3. The van der Waals surface area contributed by atoms with Gasteiger partial charge in [-0.25, -0.2) is 9.59 Å². The zero-order valence-electron chi connectivity index (χ0n) is 32.0. The Balaban J connectivity index is 2.21. The minimum Gasteiger partial charge on any atom is -0.508 e. The first kappa shape index (κ1) is 41.3. The molecule has 280 valence electrons. The Hall–Kier alpha value is -5.12. The van der Waals surface area contributed by atoms with Gasteiger partial charge in [0.1, 0.15) is 35.1 Å². The molecule has 0 bridgehead atoms. The number of phenolic OH excluding ortho intramolecular Hbond substituents is 1. The molecule has 10 nitrogen and oxygen atoms in total. The first-order valence-electron chi connectivity index (χ1n) is 17.6. The van der Waals surface area contributed by atoms with E-state index in [-0.39, 0.29) is 18.6 Å². The van der Waals surface area contributed by atoms with E-state index in [1.165, 1.54) is 17.0 Å². The number of carbonyl (C=O) groups excluding carboxylic acids is 4. The summed E-state index contributed by atoms with van der Waals surface area (Å²) in [5.74, 6) is -1.72. The number of alkyl carbamates (subject to hydrolysis) is 1. The van der Waals surface area contributed by atoms with Crippen molar-refractivity contribution in [3.63, 3.8) is 0 Å². The van der Waals surface area contributed by atoms with Gasteiger partial charge in [0.25, 0.3) is 0 Å². The molecule has 0 heterocycles. The van der Waals surface area contributed by atoms with E-state index in [4.69, 9.17) is 9.47 Å². The van der Waals surface area contributed by atoms with Crippen LogP contribution in [0.4, 0.5) is 4.79 Å². The van der Waals surface area contributed by atoms with Gasteiger partial charge in [-0.3, -0.25) is 9.59 Å². The molecule has 3 atom stereocenters. The smallest absolute Gasteiger partial charge is 0.408 e. The van der Waals surface area contributed by atoms with E-state index in [2.05, 4.69) is 17.2 Å². The number of esters is 1. The van der Waals surface area contributed by atoms with Gasteiger partial charge >= 0.3 is 12.1 Å². The number of nitrogens with zero attached hydrogens (tertiary/aromatic N) is 1. The Morgan fingerprint density at radius 1 is 0.769 bits per heavy atom. The van der Waals surface area contributed by atoms with E-state index >= 15 is 4.79 Å². The summed E-state index contributed by atoms with van der Waals surface area (Å²) in [5, 5.41) is 15.6. The molecule has 0 spiro atoms. The highest BCUT2D eigenvalue weighted by molar-refractivity contribution is 5.94. The van der Waals surface area contributed by atoms with Crippen molar-refractivity contribution in [2.45, 2.75) is 116 Å². The van der Waals surface area contributed by atoms with Crippen LogP contribution in [0, 0.1) is 0 Å². The first-order chi connectivity index (χ1) is 24.2. The maximum absolute atomic E-state index is 15.1. The van der Waals surface area contributed by atoms with Gasteiger partial charge in [-0.1, -0.05) is 80.2 Å². The van der Waals surface area contributed by atoms with Gasteiger partial charge in [-0.2, -0.15) is 0 Å². The predicted molar refractivity (Wildman–Crippen MR) is 203 cm³/mol. The molecule has 0 aliphatic rings. The van der Waals surface area contributed by atoms with E-state index in [9.17, 15) is 19.5 Å². The topological polar surface area (TPSA) is 134 Å². The standard InChI is InChI=1S/C42H55N3O7/c1-11-28-19-16-20-31(25-28)35(36(47)43-34(38(49)51-40(3,4)5)27-29-17-14-13-15-18-29)45(42(9,10)12-2)37(48)33(44-39(50)52-41(6,7)8)26-30-21-23-32(46)24-22-30/h11,13-25,33-35,46H,1,12,26-27H2,2-10H3,(H,43,47)(H,44,50). The summed E-state index contributed by atoms with van der Waals surface area (Å²) >= 11 is 0. The maximum atomic E-state index is 15.1. The number of carbonyl (C=O) groups is 4. The first-order valence-corrected chi connectivity index (χ1v) is 17.6. The van der Waals surface area contributed by atoms with Crippen LogP contribution in [0.15, 0.2) is 85.4 Å². The molecule has 0 saturated heterocycles. The van der Waals surface area contributed by atoms with Crippen molar-refractivity contribution in [3.8, 4) is 5.75 Å². The number of ether oxygens (including phenoxy) is 2. The summed E-state index contributed by atoms with van der Waals surface area (Å²) in [7, 11) is 0. The average Bonchev–Trinajstić information content (AvgIpc) is 3.06. The average molecular weight is 714 g/mol. The number of aromatic hydroxyl groups is 1. The van der Waals surface area contributed by atoms with Crippen LogP contribution in [0.25, 0.3) is 6.08 Å². The number of hydrogen-bond acceptors (Lipinski definition) is 7. The normalized spacial score (nSPS) is 13.6. The van der Waals surface area contributed by atoms with Crippen molar-refractivity contribution in [1.29, 1.82) is 0 Å². The van der Waals surface area contributed by atoms with Crippen LogP contribution in [-0.2, 0) is 36.7 Å². The van der Waals surface area contributed by atoms with Crippen molar-refractivity contribution < 1.29 is 33.8 Å². The summed E-state index contributed by atoms with van der Waals surface area (Å²) in [5.41, 5.74) is 0.0416. The lowest BCUT2D eigenvalue weighted by atomic mass is 9.90. The molecule has 0 radical (unpaired) electrons. The highest BCUT2D eigenvalue weighted by Crippen LogP contribution is 2.33. The highest BCUT2D eigenvalue weighted by atomic mass is 16.6. The fourth-order valence-corrected chi connectivity index (χ4v) is 5.57. The lowest BCUT2D eigenvalue weighted by molar-refractivity contribution is -0.159. The number of nitrogens with one attached hydrogen (secondary N) is 2. The third-order valence-corrected chi connectivity index (χ3v) is 8.38. The molecule has 3 rings (SSSR count). The van der Waals surface area contributed by atoms with E-state index in [0.29, 0.717) is 17.5 Å². The van der Waals surface area contributed by atoms with Gasteiger partial charge in [-0.05, 0) is 102 Å².